The third-order valence-corrected chi connectivity index (χ3v) is 6.36. The third-order valence-electron chi connectivity index (χ3n) is 6.36. The van der Waals surface area contributed by atoms with E-state index < -0.39 is 11.6 Å². The molecule has 27 heavy (non-hydrogen) atoms. The number of likely N-dealkylation sites (tertiary alicyclic amines) is 2. The van der Waals surface area contributed by atoms with Gasteiger partial charge in [-0.05, 0) is 31.7 Å². The molecule has 1 unspecified atom stereocenters. The number of nitrogens with zero attached hydrogens (tertiary/aromatic N) is 2. The number of hydrogen-bond acceptors (Lipinski definition) is 4. The molecule has 0 N–H and O–H groups in total. The van der Waals surface area contributed by atoms with Gasteiger partial charge in [-0.2, -0.15) is 0 Å². The van der Waals surface area contributed by atoms with Gasteiger partial charge in [0.1, 0.15) is 11.6 Å². The van der Waals surface area contributed by atoms with Gasteiger partial charge in [0, 0.05) is 57.6 Å². The van der Waals surface area contributed by atoms with Crippen molar-refractivity contribution in [3.8, 4) is 0 Å². The molecule has 1 aromatic carbocycles. The molecule has 148 valence electrons. The van der Waals surface area contributed by atoms with E-state index in [0.717, 1.165) is 44.8 Å². The Bertz CT molecular complexity index is 700. The molecule has 0 aromatic heterocycles. The highest BCUT2D eigenvalue weighted by Gasteiger charge is 2.62. The Morgan fingerprint density at radius 3 is 2.56 bits per heavy atom. The molecule has 3 aliphatic rings. The van der Waals surface area contributed by atoms with E-state index in [1.165, 1.54) is 12.1 Å². The van der Waals surface area contributed by atoms with Crippen molar-refractivity contribution in [1.82, 2.24) is 9.80 Å². The van der Waals surface area contributed by atoms with Gasteiger partial charge >= 0.3 is 0 Å². The lowest BCUT2D eigenvalue weighted by Crippen LogP contribution is -2.78. The molecule has 7 heteroatoms. The van der Waals surface area contributed by atoms with Gasteiger partial charge in [-0.15, -0.1) is 0 Å². The minimum atomic E-state index is -0.555. The number of ether oxygens (including phenoxy) is 2. The van der Waals surface area contributed by atoms with Crippen LogP contribution in [-0.2, 0) is 20.8 Å². The number of piperidine rings is 1. The summed E-state index contributed by atoms with van der Waals surface area (Å²) in [6.07, 6.45) is 2.99. The van der Waals surface area contributed by atoms with Crippen molar-refractivity contribution in [3.05, 3.63) is 35.4 Å². The van der Waals surface area contributed by atoms with E-state index in [2.05, 4.69) is 9.80 Å². The van der Waals surface area contributed by atoms with Crippen molar-refractivity contribution >= 4 is 5.91 Å². The Labute approximate surface area is 158 Å². The van der Waals surface area contributed by atoms with Crippen LogP contribution in [0.25, 0.3) is 0 Å². The van der Waals surface area contributed by atoms with Crippen molar-refractivity contribution in [3.63, 3.8) is 0 Å². The van der Waals surface area contributed by atoms with E-state index in [1.807, 2.05) is 0 Å². The quantitative estimate of drug-likeness (QED) is 0.752. The van der Waals surface area contributed by atoms with Gasteiger partial charge in [0.25, 0.3) is 5.91 Å². The first kappa shape index (κ1) is 18.8. The van der Waals surface area contributed by atoms with Crippen LogP contribution in [0.3, 0.4) is 0 Å². The van der Waals surface area contributed by atoms with Crippen LogP contribution in [-0.4, -0.2) is 66.8 Å². The smallest absolute Gasteiger partial charge is 0.254 e. The molecular formula is C20H26F2N2O3. The summed E-state index contributed by atoms with van der Waals surface area (Å²) in [6.45, 7) is 3.36. The summed E-state index contributed by atoms with van der Waals surface area (Å²) in [7, 11) is 1.61. The highest BCUT2D eigenvalue weighted by Crippen LogP contribution is 2.45. The molecule has 1 atom stereocenters. The molecule has 1 amide bonds. The van der Waals surface area contributed by atoms with Gasteiger partial charge in [-0.1, -0.05) is 6.07 Å². The summed E-state index contributed by atoms with van der Waals surface area (Å²) < 4.78 is 38.0. The Balaban J connectivity index is 1.39. The summed E-state index contributed by atoms with van der Waals surface area (Å²) in [5, 5.41) is 0. The summed E-state index contributed by atoms with van der Waals surface area (Å²) >= 11 is 0. The molecule has 0 radical (unpaired) electrons. The van der Waals surface area contributed by atoms with Crippen LogP contribution in [0.2, 0.25) is 0 Å². The second-order valence-corrected chi connectivity index (χ2v) is 7.78. The van der Waals surface area contributed by atoms with Gasteiger partial charge < -0.3 is 14.4 Å². The standard InChI is InChI=1S/C20H26F2N2O3/c1-26-18-19(25)24(20(18)6-10-27-11-7-20)16-4-8-23(9-5-16)13-14-2-3-15(21)12-17(14)22/h2-3,12,16,18H,4-11,13H2,1H3. The molecule has 0 aliphatic carbocycles. The first-order valence-corrected chi connectivity index (χ1v) is 9.65. The normalized spacial score (nSPS) is 26.4. The van der Waals surface area contributed by atoms with Gasteiger partial charge in [-0.25, -0.2) is 8.78 Å². The average Bonchev–Trinajstić information content (AvgIpc) is 2.67. The Morgan fingerprint density at radius 1 is 1.22 bits per heavy atom. The monoisotopic (exact) mass is 380 g/mol. The SMILES string of the molecule is COC1C(=O)N(C2CCN(Cc3ccc(F)cc3F)CC2)C12CCOCC2. The number of hydrogen-bond donors (Lipinski definition) is 0. The van der Waals surface area contributed by atoms with E-state index in [4.69, 9.17) is 9.47 Å². The zero-order valence-electron chi connectivity index (χ0n) is 15.6. The predicted molar refractivity (Wildman–Crippen MR) is 95.1 cm³/mol. The second-order valence-electron chi connectivity index (χ2n) is 7.78. The zero-order chi connectivity index (χ0) is 19.0. The van der Waals surface area contributed by atoms with Crippen LogP contribution >= 0.6 is 0 Å². The largest absolute Gasteiger partial charge is 0.381 e. The fraction of sp³-hybridized carbons (Fsp3) is 0.650. The summed E-state index contributed by atoms with van der Waals surface area (Å²) in [5.41, 5.74) is 0.287. The van der Waals surface area contributed by atoms with Gasteiger partial charge in [0.2, 0.25) is 0 Å². The molecule has 0 saturated carbocycles. The van der Waals surface area contributed by atoms with Crippen LogP contribution < -0.4 is 0 Å². The van der Waals surface area contributed by atoms with Crippen LogP contribution in [0.5, 0.6) is 0 Å². The Kier molecular flexibility index (Phi) is 5.18. The summed E-state index contributed by atoms with van der Waals surface area (Å²) in [5.74, 6) is -0.970. The maximum Gasteiger partial charge on any atom is 0.254 e. The van der Waals surface area contributed by atoms with E-state index in [1.54, 1.807) is 7.11 Å². The fourth-order valence-electron chi connectivity index (χ4n) is 4.95. The maximum absolute atomic E-state index is 13.9. The van der Waals surface area contributed by atoms with E-state index in [-0.39, 0.29) is 23.6 Å². The first-order chi connectivity index (χ1) is 13.0. The summed E-state index contributed by atoms with van der Waals surface area (Å²) in [4.78, 5) is 16.9. The van der Waals surface area contributed by atoms with Crippen molar-refractivity contribution in [2.75, 3.05) is 33.4 Å². The number of β-lactam (4-membered cyclic amide) rings is 1. The molecule has 3 heterocycles. The van der Waals surface area contributed by atoms with Crippen LogP contribution in [0, 0.1) is 11.6 Å². The molecule has 1 spiro atoms. The predicted octanol–water partition coefficient (Wildman–Crippen LogP) is 2.34. The van der Waals surface area contributed by atoms with Crippen LogP contribution in [0.15, 0.2) is 18.2 Å². The van der Waals surface area contributed by atoms with Crippen LogP contribution in [0.4, 0.5) is 8.78 Å². The summed E-state index contributed by atoms with van der Waals surface area (Å²) in [6, 6.07) is 3.93. The number of carbonyl (C=O) groups excluding carboxylic acids is 1. The lowest BCUT2D eigenvalue weighted by molar-refractivity contribution is -0.214. The minimum Gasteiger partial charge on any atom is -0.381 e. The minimum absolute atomic E-state index is 0.0856. The van der Waals surface area contributed by atoms with Gasteiger partial charge in [0.15, 0.2) is 6.10 Å². The van der Waals surface area contributed by atoms with Crippen molar-refractivity contribution in [2.24, 2.45) is 0 Å². The molecule has 3 fully saturated rings. The average molecular weight is 380 g/mol. The number of methoxy groups -OCH3 is 1. The van der Waals surface area contributed by atoms with Crippen molar-refractivity contribution in [2.45, 2.75) is 49.9 Å². The Hall–Kier alpha value is -1.57. The molecular weight excluding hydrogens is 354 g/mol. The van der Waals surface area contributed by atoms with Crippen molar-refractivity contribution in [1.29, 1.82) is 0 Å². The molecule has 3 saturated heterocycles. The topological polar surface area (TPSA) is 42.0 Å². The Morgan fingerprint density at radius 2 is 1.93 bits per heavy atom. The highest BCUT2D eigenvalue weighted by atomic mass is 19.1. The molecule has 5 nitrogen and oxygen atoms in total. The number of amides is 1. The molecule has 1 aromatic rings. The van der Waals surface area contributed by atoms with Gasteiger partial charge in [-0.3, -0.25) is 9.69 Å². The number of rotatable bonds is 4. The van der Waals surface area contributed by atoms with E-state index >= 15 is 0 Å². The van der Waals surface area contributed by atoms with E-state index in [9.17, 15) is 13.6 Å². The number of benzene rings is 1. The third kappa shape index (κ3) is 3.26. The second kappa shape index (κ2) is 7.45. The maximum atomic E-state index is 13.9. The molecule has 4 rings (SSSR count). The van der Waals surface area contributed by atoms with Crippen molar-refractivity contribution < 1.29 is 23.0 Å². The van der Waals surface area contributed by atoms with Crippen LogP contribution in [0.1, 0.15) is 31.2 Å². The van der Waals surface area contributed by atoms with Gasteiger partial charge in [0.05, 0.1) is 5.54 Å². The lowest BCUT2D eigenvalue weighted by atomic mass is 9.72. The molecule has 3 aliphatic heterocycles. The highest BCUT2D eigenvalue weighted by molar-refractivity contribution is 5.90. The molecule has 0 bridgehead atoms. The zero-order valence-corrected chi connectivity index (χ0v) is 15.6. The number of carbonyl (C=O) groups is 1. The number of halogens is 2. The lowest BCUT2D eigenvalue weighted by Gasteiger charge is -2.61. The van der Waals surface area contributed by atoms with E-state index in [0.29, 0.717) is 25.3 Å². The fourth-order valence-corrected chi connectivity index (χ4v) is 4.95. The first-order valence-electron chi connectivity index (χ1n) is 9.65.